The van der Waals surface area contributed by atoms with Crippen molar-refractivity contribution < 1.29 is 0 Å². The molecule has 0 saturated heterocycles. The molecular formula is C9H4BrClN+. The van der Waals surface area contributed by atoms with E-state index in [4.69, 9.17) is 11.6 Å². The minimum Gasteiger partial charge on any atom is -0.203 e. The zero-order valence-electron chi connectivity index (χ0n) is 6.01. The van der Waals surface area contributed by atoms with Crippen LogP contribution in [0.1, 0.15) is 0 Å². The highest BCUT2D eigenvalue weighted by atomic mass is 79.9. The summed E-state index contributed by atoms with van der Waals surface area (Å²) in [5.74, 6) is 0. The first-order valence-electron chi connectivity index (χ1n) is 3.39. The lowest BCUT2D eigenvalue weighted by atomic mass is 10.2. The van der Waals surface area contributed by atoms with Crippen LogP contribution in [0.5, 0.6) is 0 Å². The van der Waals surface area contributed by atoms with Gasteiger partial charge in [-0.1, -0.05) is 0 Å². The van der Waals surface area contributed by atoms with Gasteiger partial charge in [0, 0.05) is 10.5 Å². The zero-order valence-corrected chi connectivity index (χ0v) is 8.35. The van der Waals surface area contributed by atoms with E-state index in [2.05, 4.69) is 27.0 Å². The van der Waals surface area contributed by atoms with E-state index in [9.17, 15) is 0 Å². The van der Waals surface area contributed by atoms with Gasteiger partial charge < -0.3 is 0 Å². The summed E-state index contributed by atoms with van der Waals surface area (Å²) in [6, 6.07) is 5.78. The Hall–Kier alpha value is -0.690. The molecule has 0 saturated carbocycles. The van der Waals surface area contributed by atoms with Crippen molar-refractivity contribution in [2.24, 2.45) is 4.99 Å². The Labute approximate surface area is 83.2 Å². The maximum Gasteiger partial charge on any atom is 0.273 e. The Kier molecular flexibility index (Phi) is 1.97. The van der Waals surface area contributed by atoms with Gasteiger partial charge in [-0.3, -0.25) is 0 Å². The van der Waals surface area contributed by atoms with Gasteiger partial charge in [0.2, 0.25) is 0 Å². The number of rotatable bonds is 0. The summed E-state index contributed by atoms with van der Waals surface area (Å²) in [4.78, 5) is 4.12. The number of benzene rings is 1. The van der Waals surface area contributed by atoms with Gasteiger partial charge in [-0.15, -0.1) is 0 Å². The molecule has 1 nitrogen and oxygen atoms in total. The normalized spacial score (nSPS) is 13.3. The highest BCUT2D eigenvalue weighted by molar-refractivity contribution is 9.10. The van der Waals surface area contributed by atoms with Gasteiger partial charge in [-0.2, -0.15) is 0 Å². The molecule has 0 spiro atoms. The van der Waals surface area contributed by atoms with Crippen molar-refractivity contribution in [1.29, 1.82) is 0 Å². The van der Waals surface area contributed by atoms with Crippen LogP contribution in [-0.2, 0) is 0 Å². The van der Waals surface area contributed by atoms with Gasteiger partial charge in [0.1, 0.15) is 6.08 Å². The van der Waals surface area contributed by atoms with Crippen molar-refractivity contribution in [3.05, 3.63) is 45.5 Å². The predicted octanol–water partition coefficient (Wildman–Crippen LogP) is 1.75. The lowest BCUT2D eigenvalue weighted by Gasteiger charge is -1.88. The smallest absolute Gasteiger partial charge is 0.203 e. The van der Waals surface area contributed by atoms with Gasteiger partial charge in [0.05, 0.1) is 0 Å². The standard InChI is InChI=1S/C9H4BrClN/c10-6-1-2-9-7(5-6)8(11)3-4-12-9/h1-2,4-5H/q+1. The molecule has 1 heterocycles. The van der Waals surface area contributed by atoms with Crippen LogP contribution < -0.4 is 10.6 Å². The molecule has 2 rings (SSSR count). The fourth-order valence-electron chi connectivity index (χ4n) is 1.03. The van der Waals surface area contributed by atoms with Gasteiger partial charge >= 0.3 is 0 Å². The van der Waals surface area contributed by atoms with E-state index in [0.29, 0.717) is 5.03 Å². The van der Waals surface area contributed by atoms with Crippen LogP contribution in [0, 0.1) is 6.08 Å². The molecule has 0 aliphatic carbocycles. The van der Waals surface area contributed by atoms with Crippen molar-refractivity contribution >= 4 is 32.6 Å². The van der Waals surface area contributed by atoms with Gasteiger partial charge in [-0.05, 0) is 39.7 Å². The fourth-order valence-corrected chi connectivity index (χ4v) is 1.59. The summed E-state index contributed by atoms with van der Waals surface area (Å²) < 4.78 is 0.998. The monoisotopic (exact) mass is 240 g/mol. The topological polar surface area (TPSA) is 12.4 Å². The molecule has 0 amide bonds. The number of fused-ring (bicyclic) bond motifs is 1. The second-order valence-electron chi connectivity index (χ2n) is 2.38. The molecule has 1 aromatic carbocycles. The first-order chi connectivity index (χ1) is 5.77. The minimum absolute atomic E-state index is 0.612. The van der Waals surface area contributed by atoms with Crippen LogP contribution in [0.4, 0.5) is 0 Å². The molecule has 3 heteroatoms. The molecule has 0 fully saturated rings. The van der Waals surface area contributed by atoms with Gasteiger partial charge in [-0.25, -0.2) is 4.99 Å². The summed E-state index contributed by atoms with van der Waals surface area (Å²) in [6.45, 7) is 0. The average molecular weight is 241 g/mol. The molecule has 1 aliphatic rings. The lowest BCUT2D eigenvalue weighted by molar-refractivity contribution is 1.27. The predicted molar refractivity (Wildman–Crippen MR) is 52.0 cm³/mol. The van der Waals surface area contributed by atoms with E-state index in [1.54, 1.807) is 6.20 Å². The third-order valence-electron chi connectivity index (χ3n) is 1.59. The average Bonchev–Trinajstić information content (AvgIpc) is 2.07. The highest BCUT2D eigenvalue weighted by Gasteiger charge is 2.09. The quantitative estimate of drug-likeness (QED) is 0.614. The van der Waals surface area contributed by atoms with Crippen molar-refractivity contribution in [3.63, 3.8) is 0 Å². The molecule has 0 radical (unpaired) electrons. The molecule has 0 atom stereocenters. The molecular weight excluding hydrogens is 237 g/mol. The second-order valence-corrected chi connectivity index (χ2v) is 3.67. The molecule has 0 unspecified atom stereocenters. The van der Waals surface area contributed by atoms with Crippen LogP contribution >= 0.6 is 27.5 Å². The number of allylic oxidation sites excluding steroid dienone is 1. The second kappa shape index (κ2) is 2.98. The third-order valence-corrected chi connectivity index (χ3v) is 2.40. The number of nitrogens with zero attached hydrogens (tertiary/aromatic N) is 1. The summed E-state index contributed by atoms with van der Waals surface area (Å²) in [6.07, 6.45) is 4.42. The van der Waals surface area contributed by atoms with E-state index >= 15 is 0 Å². The third kappa shape index (κ3) is 1.29. The number of hydrogen-bond donors (Lipinski definition) is 0. The summed E-state index contributed by atoms with van der Waals surface area (Å²) in [5.41, 5.74) is 0. The first-order valence-corrected chi connectivity index (χ1v) is 4.56. The minimum atomic E-state index is 0.612. The Morgan fingerprint density at radius 3 is 3.08 bits per heavy atom. The van der Waals surface area contributed by atoms with E-state index in [-0.39, 0.29) is 0 Å². The van der Waals surface area contributed by atoms with Crippen LogP contribution in [0.3, 0.4) is 0 Å². The molecule has 0 bridgehead atoms. The van der Waals surface area contributed by atoms with E-state index in [1.807, 2.05) is 18.2 Å². The Morgan fingerprint density at radius 2 is 2.25 bits per heavy atom. The Bertz CT molecular complexity index is 462. The molecule has 58 valence electrons. The first kappa shape index (κ1) is 7.93. The highest BCUT2D eigenvalue weighted by Crippen LogP contribution is 2.06. The van der Waals surface area contributed by atoms with Crippen LogP contribution in [0.2, 0.25) is 0 Å². The van der Waals surface area contributed by atoms with Crippen molar-refractivity contribution in [3.8, 4) is 0 Å². The van der Waals surface area contributed by atoms with Crippen LogP contribution in [0.25, 0.3) is 5.03 Å². The van der Waals surface area contributed by atoms with Gasteiger partial charge in [0.25, 0.3) is 5.03 Å². The van der Waals surface area contributed by atoms with Crippen LogP contribution in [0.15, 0.2) is 33.9 Å². The lowest BCUT2D eigenvalue weighted by Crippen LogP contribution is -2.26. The molecule has 0 aromatic heterocycles. The van der Waals surface area contributed by atoms with E-state index < -0.39 is 0 Å². The Balaban J connectivity index is 2.93. The maximum absolute atomic E-state index is 5.91. The summed E-state index contributed by atoms with van der Waals surface area (Å²) >= 11 is 9.28. The van der Waals surface area contributed by atoms with Crippen molar-refractivity contribution in [2.75, 3.05) is 0 Å². The van der Waals surface area contributed by atoms with E-state index in [1.165, 1.54) is 0 Å². The molecule has 1 aliphatic heterocycles. The van der Waals surface area contributed by atoms with Gasteiger partial charge in [0.15, 0.2) is 16.8 Å². The zero-order chi connectivity index (χ0) is 8.55. The van der Waals surface area contributed by atoms with E-state index in [0.717, 1.165) is 15.0 Å². The fraction of sp³-hybridized carbons (Fsp3) is 0. The summed E-state index contributed by atoms with van der Waals surface area (Å²) in [5, 5.41) is 2.43. The summed E-state index contributed by atoms with van der Waals surface area (Å²) in [7, 11) is 0. The van der Waals surface area contributed by atoms with Crippen molar-refractivity contribution in [1.82, 2.24) is 0 Å². The van der Waals surface area contributed by atoms with Crippen molar-refractivity contribution in [2.45, 2.75) is 0 Å². The molecule has 0 N–H and O–H groups in total. The largest absolute Gasteiger partial charge is 0.273 e. The molecule has 1 aromatic rings. The van der Waals surface area contributed by atoms with Crippen LogP contribution in [-0.4, -0.2) is 0 Å². The SMILES string of the molecule is ClC1=c2cc(Br)ccc2=NC=[C+]1. The Morgan fingerprint density at radius 1 is 1.42 bits per heavy atom. The maximum atomic E-state index is 5.91. The number of hydrogen-bond acceptors (Lipinski definition) is 1. The number of halogens is 2. The molecule has 12 heavy (non-hydrogen) atoms.